The molecule has 2 fully saturated rings. The number of aromatic nitrogens is 5. The Bertz CT molecular complexity index is 1740. The molecule has 12 nitrogen and oxygen atoms in total. The highest BCUT2D eigenvalue weighted by atomic mass is 19.3. The van der Waals surface area contributed by atoms with Crippen molar-refractivity contribution < 1.29 is 31.9 Å². The molecule has 0 saturated carbocycles. The molecule has 0 aromatic carbocycles. The molecule has 2 amide bonds. The number of rotatable bonds is 7. The minimum atomic E-state index is -2.69. The molecule has 0 unspecified atom stereocenters. The van der Waals surface area contributed by atoms with E-state index in [4.69, 9.17) is 10.5 Å². The van der Waals surface area contributed by atoms with Crippen molar-refractivity contribution in [3.8, 4) is 17.1 Å². The third kappa shape index (κ3) is 6.09. The molecule has 45 heavy (non-hydrogen) atoms. The van der Waals surface area contributed by atoms with Crippen LogP contribution in [0.2, 0.25) is 0 Å². The molecule has 0 radical (unpaired) electrons. The number of pyridine rings is 2. The maximum absolute atomic E-state index is 15.0. The van der Waals surface area contributed by atoms with E-state index in [-0.39, 0.29) is 62.0 Å². The van der Waals surface area contributed by atoms with Crippen LogP contribution in [0.1, 0.15) is 39.3 Å². The molecule has 2 saturated heterocycles. The van der Waals surface area contributed by atoms with E-state index in [1.165, 1.54) is 36.7 Å². The number of halogens is 4. The van der Waals surface area contributed by atoms with Crippen LogP contribution in [0.4, 0.5) is 23.4 Å². The van der Waals surface area contributed by atoms with Crippen LogP contribution < -0.4 is 15.8 Å². The quantitative estimate of drug-likeness (QED) is 0.296. The fourth-order valence-corrected chi connectivity index (χ4v) is 5.64. The molecule has 3 N–H and O–H groups in total. The van der Waals surface area contributed by atoms with Gasteiger partial charge in [-0.1, -0.05) is 0 Å². The summed E-state index contributed by atoms with van der Waals surface area (Å²) in [6, 6.07) is 4.56. The first-order chi connectivity index (χ1) is 21.5. The van der Waals surface area contributed by atoms with Gasteiger partial charge in [-0.3, -0.25) is 14.5 Å². The van der Waals surface area contributed by atoms with E-state index < -0.39 is 35.8 Å². The van der Waals surface area contributed by atoms with Crippen LogP contribution in [0.3, 0.4) is 0 Å². The van der Waals surface area contributed by atoms with Crippen molar-refractivity contribution in [2.45, 2.75) is 37.5 Å². The van der Waals surface area contributed by atoms with Gasteiger partial charge in [0.25, 0.3) is 17.7 Å². The van der Waals surface area contributed by atoms with E-state index in [2.05, 4.69) is 25.4 Å². The number of fused-ring (bicyclic) bond motifs is 1. The normalized spacial score (nSPS) is 20.0. The van der Waals surface area contributed by atoms with Crippen LogP contribution in [0.15, 0.2) is 43.0 Å². The van der Waals surface area contributed by atoms with Crippen molar-refractivity contribution in [1.82, 2.24) is 39.7 Å². The third-order valence-electron chi connectivity index (χ3n) is 8.03. The molecule has 4 aromatic heterocycles. The minimum Gasteiger partial charge on any atom is -0.480 e. The molecule has 0 spiro atoms. The molecule has 4 aromatic rings. The Hall–Kier alpha value is -4.86. The molecule has 2 aliphatic rings. The van der Waals surface area contributed by atoms with E-state index in [9.17, 15) is 22.8 Å². The van der Waals surface area contributed by atoms with Crippen LogP contribution in [-0.2, 0) is 6.54 Å². The zero-order chi connectivity index (χ0) is 31.9. The molecule has 0 bridgehead atoms. The Labute approximate surface area is 254 Å². The standard InChI is InChI=1S/C29H29F4N9O3/c1-45-27-19(26(43)39-22-14-41(13-20(22)31)28(44)21-3-2-18(30)11-35-21)8-16(10-36-27)23-9-17(24-25(34)37-15-38-42(23)24)12-40-6-4-29(32,33)5-7-40/h2-3,8-11,15,20,22H,4-7,12-14H2,1H3,(H,39,43)(H2,34,37,38)/t20-,22+/m0/s1. The van der Waals surface area contributed by atoms with Crippen LogP contribution in [0, 0.1) is 5.82 Å². The number of nitrogens with two attached hydrogens (primary N) is 1. The molecule has 2 atom stereocenters. The Morgan fingerprint density at radius 2 is 1.89 bits per heavy atom. The van der Waals surface area contributed by atoms with Crippen molar-refractivity contribution in [2.24, 2.45) is 0 Å². The third-order valence-corrected chi connectivity index (χ3v) is 8.03. The molecule has 16 heteroatoms. The second-order valence-electron chi connectivity index (χ2n) is 11.0. The minimum absolute atomic E-state index is 0.00367. The van der Waals surface area contributed by atoms with E-state index in [1.54, 1.807) is 10.6 Å². The number of carbonyl (C=O) groups is 2. The fraction of sp³-hybridized carbons (Fsp3) is 0.379. The number of methoxy groups -OCH3 is 1. The first-order valence-electron chi connectivity index (χ1n) is 14.1. The van der Waals surface area contributed by atoms with Crippen LogP contribution in [-0.4, -0.2) is 97.6 Å². The van der Waals surface area contributed by atoms with E-state index >= 15 is 4.39 Å². The van der Waals surface area contributed by atoms with Gasteiger partial charge in [-0.2, -0.15) is 5.10 Å². The largest absolute Gasteiger partial charge is 0.480 e. The lowest BCUT2D eigenvalue weighted by atomic mass is 10.1. The average molecular weight is 628 g/mol. The Balaban J connectivity index is 1.25. The number of anilines is 1. The first-order valence-corrected chi connectivity index (χ1v) is 14.1. The van der Waals surface area contributed by atoms with Gasteiger partial charge < -0.3 is 20.7 Å². The molecule has 2 aliphatic heterocycles. The summed E-state index contributed by atoms with van der Waals surface area (Å²) in [5.41, 5.74) is 8.33. The zero-order valence-electron chi connectivity index (χ0n) is 24.1. The SMILES string of the molecule is COc1ncc(-c2cc(CN3CCC(F)(F)CC3)c3c(N)ncnn23)cc1C(=O)N[C@@H]1CN(C(=O)c2ccc(F)cn2)C[C@@H]1F. The fourth-order valence-electron chi connectivity index (χ4n) is 5.64. The summed E-state index contributed by atoms with van der Waals surface area (Å²) in [5, 5.41) is 6.96. The van der Waals surface area contributed by atoms with Gasteiger partial charge in [0.1, 0.15) is 35.1 Å². The van der Waals surface area contributed by atoms with Crippen molar-refractivity contribution in [2.75, 3.05) is 39.0 Å². The van der Waals surface area contributed by atoms with Gasteiger partial charge in [-0.25, -0.2) is 37.0 Å². The van der Waals surface area contributed by atoms with Crippen molar-refractivity contribution in [1.29, 1.82) is 0 Å². The van der Waals surface area contributed by atoms with Gasteiger partial charge in [-0.05, 0) is 29.8 Å². The Kier molecular flexibility index (Phi) is 7.99. The number of piperidine rings is 1. The summed E-state index contributed by atoms with van der Waals surface area (Å²) in [7, 11) is 1.34. The summed E-state index contributed by atoms with van der Waals surface area (Å²) in [5.74, 6) is -4.40. The second kappa shape index (κ2) is 11.9. The van der Waals surface area contributed by atoms with Gasteiger partial charge in [0.05, 0.1) is 31.6 Å². The Morgan fingerprint density at radius 3 is 2.60 bits per heavy atom. The molecular weight excluding hydrogens is 598 g/mol. The highest BCUT2D eigenvalue weighted by Crippen LogP contribution is 2.33. The average Bonchev–Trinajstić information content (AvgIpc) is 3.58. The van der Waals surface area contributed by atoms with Crippen LogP contribution in [0.5, 0.6) is 5.88 Å². The lowest BCUT2D eigenvalue weighted by Crippen LogP contribution is -2.42. The Morgan fingerprint density at radius 1 is 1.11 bits per heavy atom. The number of carbonyl (C=O) groups excluding carboxylic acids is 2. The number of alkyl halides is 3. The maximum Gasteiger partial charge on any atom is 0.272 e. The molecule has 236 valence electrons. The summed E-state index contributed by atoms with van der Waals surface area (Å²) in [6.07, 6.45) is 1.59. The number of hydrogen-bond donors (Lipinski definition) is 2. The number of likely N-dealkylation sites (tertiary alicyclic amines) is 2. The van der Waals surface area contributed by atoms with Gasteiger partial charge in [0, 0.05) is 50.8 Å². The number of nitrogens with zero attached hydrogens (tertiary/aromatic N) is 7. The van der Waals surface area contributed by atoms with Gasteiger partial charge >= 0.3 is 0 Å². The van der Waals surface area contributed by atoms with E-state index in [0.29, 0.717) is 28.9 Å². The highest BCUT2D eigenvalue weighted by Gasteiger charge is 2.38. The zero-order valence-corrected chi connectivity index (χ0v) is 24.1. The maximum atomic E-state index is 15.0. The molecule has 6 heterocycles. The number of nitrogens with one attached hydrogen (secondary N) is 1. The number of nitrogen functional groups attached to an aromatic ring is 1. The molecule has 6 rings (SSSR count). The number of ether oxygens (including phenoxy) is 1. The predicted octanol–water partition coefficient (Wildman–Crippen LogP) is 2.74. The number of hydrogen-bond acceptors (Lipinski definition) is 9. The lowest BCUT2D eigenvalue weighted by molar-refractivity contribution is -0.0565. The van der Waals surface area contributed by atoms with E-state index in [0.717, 1.165) is 12.3 Å². The predicted molar refractivity (Wildman–Crippen MR) is 153 cm³/mol. The molecule has 0 aliphatic carbocycles. The van der Waals surface area contributed by atoms with Gasteiger partial charge in [0.2, 0.25) is 5.88 Å². The lowest BCUT2D eigenvalue weighted by Gasteiger charge is -2.31. The monoisotopic (exact) mass is 627 g/mol. The van der Waals surface area contributed by atoms with Crippen LogP contribution >= 0.6 is 0 Å². The van der Waals surface area contributed by atoms with Gasteiger partial charge in [0.15, 0.2) is 5.82 Å². The first kappa shape index (κ1) is 30.2. The van der Waals surface area contributed by atoms with E-state index in [1.807, 2.05) is 4.90 Å². The van der Waals surface area contributed by atoms with Crippen molar-refractivity contribution in [3.05, 3.63) is 65.6 Å². The highest BCUT2D eigenvalue weighted by molar-refractivity contribution is 5.98. The van der Waals surface area contributed by atoms with Crippen LogP contribution in [0.25, 0.3) is 16.8 Å². The van der Waals surface area contributed by atoms with Gasteiger partial charge in [-0.15, -0.1) is 0 Å². The summed E-state index contributed by atoms with van der Waals surface area (Å²) < 4.78 is 62.6. The van der Waals surface area contributed by atoms with Crippen molar-refractivity contribution >= 4 is 23.1 Å². The molecular formula is C29H29F4N9O3. The smallest absolute Gasteiger partial charge is 0.272 e. The summed E-state index contributed by atoms with van der Waals surface area (Å²) in [6.45, 7) is 0.332. The second-order valence-corrected chi connectivity index (χ2v) is 11.0. The van der Waals surface area contributed by atoms with Crippen molar-refractivity contribution in [3.63, 3.8) is 0 Å². The topological polar surface area (TPSA) is 144 Å². The summed E-state index contributed by atoms with van der Waals surface area (Å²) in [4.78, 5) is 41.5. The summed E-state index contributed by atoms with van der Waals surface area (Å²) >= 11 is 0. The number of amides is 2.